The molecule has 0 aliphatic carbocycles. The number of rotatable bonds is 4. The monoisotopic (exact) mass is 275 g/mol. The summed E-state index contributed by atoms with van der Waals surface area (Å²) in [6.45, 7) is 0. The molecule has 3 N–H and O–H groups in total. The lowest BCUT2D eigenvalue weighted by atomic mass is 10.3. The molecule has 96 valence electrons. The van der Waals surface area contributed by atoms with Crippen LogP contribution in [0.4, 0.5) is 0 Å². The highest BCUT2D eigenvalue weighted by atomic mass is 32.2. The molecule has 0 bridgehead atoms. The number of nitrogens with zero attached hydrogens (tertiary/aromatic N) is 2. The van der Waals surface area contributed by atoms with E-state index in [1.807, 2.05) is 0 Å². The number of aromatic nitrogens is 2. The van der Waals surface area contributed by atoms with Gasteiger partial charge in [0.2, 0.25) is 0 Å². The van der Waals surface area contributed by atoms with E-state index in [1.54, 1.807) is 6.07 Å². The Kier molecular flexibility index (Phi) is 3.76. The summed E-state index contributed by atoms with van der Waals surface area (Å²) in [5, 5.41) is 9.65. The molecule has 0 spiro atoms. The Morgan fingerprint density at radius 2 is 1.58 bits per heavy atom. The van der Waals surface area contributed by atoms with Crippen LogP contribution in [-0.2, 0) is 0 Å². The van der Waals surface area contributed by atoms with Gasteiger partial charge in [-0.05, 0) is 36.0 Å². The largest absolute Gasteiger partial charge is 0.478 e. The molecule has 0 saturated heterocycles. The molecule has 0 saturated carbocycles. The van der Waals surface area contributed by atoms with Crippen LogP contribution < -0.4 is 5.73 Å². The van der Waals surface area contributed by atoms with E-state index < -0.39 is 11.9 Å². The molecular weight excluding hydrogens is 266 g/mol. The summed E-state index contributed by atoms with van der Waals surface area (Å²) in [6, 6.07) is 6.08. The first-order valence-corrected chi connectivity index (χ1v) is 6.02. The first kappa shape index (κ1) is 13.0. The van der Waals surface area contributed by atoms with E-state index in [-0.39, 0.29) is 16.2 Å². The van der Waals surface area contributed by atoms with Crippen LogP contribution in [-0.4, -0.2) is 27.0 Å². The van der Waals surface area contributed by atoms with Crippen molar-refractivity contribution in [3.05, 3.63) is 47.8 Å². The van der Waals surface area contributed by atoms with Gasteiger partial charge in [0.25, 0.3) is 5.91 Å². The van der Waals surface area contributed by atoms with Crippen LogP contribution in [0, 0.1) is 0 Å². The minimum absolute atomic E-state index is 0.0496. The molecule has 0 aliphatic heterocycles. The number of amides is 1. The average molecular weight is 275 g/mol. The van der Waals surface area contributed by atoms with Crippen molar-refractivity contribution in [3.63, 3.8) is 0 Å². The predicted octanol–water partition coefficient (Wildman–Crippen LogP) is 1.42. The molecule has 1 amide bonds. The van der Waals surface area contributed by atoms with Crippen molar-refractivity contribution in [2.24, 2.45) is 5.73 Å². The number of hydrogen-bond acceptors (Lipinski definition) is 5. The van der Waals surface area contributed by atoms with E-state index in [1.165, 1.54) is 30.6 Å². The summed E-state index contributed by atoms with van der Waals surface area (Å²) in [6.07, 6.45) is 2.97. The van der Waals surface area contributed by atoms with Crippen LogP contribution >= 0.6 is 11.8 Å². The summed E-state index contributed by atoms with van der Waals surface area (Å²) in [7, 11) is 0. The topological polar surface area (TPSA) is 106 Å². The second-order valence-corrected chi connectivity index (χ2v) is 4.46. The van der Waals surface area contributed by atoms with Gasteiger partial charge in [-0.25, -0.2) is 14.8 Å². The molecule has 0 aliphatic rings. The molecule has 2 aromatic heterocycles. The van der Waals surface area contributed by atoms with Gasteiger partial charge < -0.3 is 10.8 Å². The molecule has 2 aromatic rings. The summed E-state index contributed by atoms with van der Waals surface area (Å²) < 4.78 is 0. The number of pyridine rings is 2. The molecule has 6 nitrogen and oxygen atoms in total. The third-order valence-electron chi connectivity index (χ3n) is 2.23. The van der Waals surface area contributed by atoms with Crippen molar-refractivity contribution in [1.82, 2.24) is 9.97 Å². The average Bonchev–Trinajstić information content (AvgIpc) is 2.39. The Balaban J connectivity index is 2.42. The SMILES string of the molecule is NC(=O)c1cccnc1Sc1ncccc1C(=O)O. The predicted molar refractivity (Wildman–Crippen MR) is 68.1 cm³/mol. The zero-order valence-corrected chi connectivity index (χ0v) is 10.4. The summed E-state index contributed by atoms with van der Waals surface area (Å²) in [5.41, 5.74) is 5.52. The normalized spacial score (nSPS) is 10.1. The van der Waals surface area contributed by atoms with Gasteiger partial charge in [-0.3, -0.25) is 4.79 Å². The van der Waals surface area contributed by atoms with Crippen molar-refractivity contribution in [3.8, 4) is 0 Å². The van der Waals surface area contributed by atoms with E-state index in [0.717, 1.165) is 11.8 Å². The van der Waals surface area contributed by atoms with Gasteiger partial charge in [-0.2, -0.15) is 0 Å². The van der Waals surface area contributed by atoms with Crippen molar-refractivity contribution < 1.29 is 14.7 Å². The lowest BCUT2D eigenvalue weighted by molar-refractivity contribution is 0.0692. The Hall–Kier alpha value is -2.41. The number of hydrogen-bond donors (Lipinski definition) is 2. The van der Waals surface area contributed by atoms with E-state index in [4.69, 9.17) is 10.8 Å². The summed E-state index contributed by atoms with van der Waals surface area (Å²) >= 11 is 0.994. The quantitative estimate of drug-likeness (QED) is 0.874. The van der Waals surface area contributed by atoms with Gasteiger partial charge in [0.15, 0.2) is 0 Å². The van der Waals surface area contributed by atoms with Crippen molar-refractivity contribution >= 4 is 23.6 Å². The highest BCUT2D eigenvalue weighted by Gasteiger charge is 2.16. The van der Waals surface area contributed by atoms with Gasteiger partial charge >= 0.3 is 5.97 Å². The molecule has 2 heterocycles. The molecule has 0 unspecified atom stereocenters. The van der Waals surface area contributed by atoms with Gasteiger partial charge in [-0.1, -0.05) is 0 Å². The third kappa shape index (κ3) is 2.89. The van der Waals surface area contributed by atoms with E-state index in [0.29, 0.717) is 5.03 Å². The van der Waals surface area contributed by atoms with Crippen LogP contribution in [0.5, 0.6) is 0 Å². The van der Waals surface area contributed by atoms with Crippen LogP contribution in [0.3, 0.4) is 0 Å². The van der Waals surface area contributed by atoms with Crippen molar-refractivity contribution in [2.75, 3.05) is 0 Å². The number of carbonyl (C=O) groups is 2. The Morgan fingerprint density at radius 3 is 2.11 bits per heavy atom. The fourth-order valence-corrected chi connectivity index (χ4v) is 2.34. The van der Waals surface area contributed by atoms with E-state index in [9.17, 15) is 9.59 Å². The van der Waals surface area contributed by atoms with Gasteiger partial charge in [0.1, 0.15) is 10.1 Å². The number of aromatic carboxylic acids is 1. The van der Waals surface area contributed by atoms with Gasteiger partial charge in [0.05, 0.1) is 11.1 Å². The minimum Gasteiger partial charge on any atom is -0.478 e. The Morgan fingerprint density at radius 1 is 1.05 bits per heavy atom. The highest BCUT2D eigenvalue weighted by molar-refractivity contribution is 7.99. The second-order valence-electron chi connectivity index (χ2n) is 3.48. The number of carboxylic acids is 1. The standard InChI is InChI=1S/C12H9N3O3S/c13-9(16)7-3-1-5-14-10(7)19-11-8(12(17)18)4-2-6-15-11/h1-6H,(H2,13,16)(H,17,18). The molecule has 2 rings (SSSR count). The van der Waals surface area contributed by atoms with Gasteiger partial charge in [-0.15, -0.1) is 0 Å². The number of carboxylic acid groups (broad SMARTS) is 1. The maximum atomic E-state index is 11.3. The molecule has 19 heavy (non-hydrogen) atoms. The Labute approximate surface area is 112 Å². The molecule has 0 fully saturated rings. The first-order valence-electron chi connectivity index (χ1n) is 5.20. The highest BCUT2D eigenvalue weighted by Crippen LogP contribution is 2.29. The summed E-state index contributed by atoms with van der Waals surface area (Å²) in [5.74, 6) is -1.71. The van der Waals surface area contributed by atoms with Crippen molar-refractivity contribution in [1.29, 1.82) is 0 Å². The molecular formula is C12H9N3O3S. The lowest BCUT2D eigenvalue weighted by Gasteiger charge is -2.06. The summed E-state index contributed by atoms with van der Waals surface area (Å²) in [4.78, 5) is 30.3. The molecule has 0 atom stereocenters. The number of carbonyl (C=O) groups excluding carboxylic acids is 1. The first-order chi connectivity index (χ1) is 9.09. The van der Waals surface area contributed by atoms with Crippen LogP contribution in [0.15, 0.2) is 46.7 Å². The zero-order chi connectivity index (χ0) is 13.8. The van der Waals surface area contributed by atoms with Crippen molar-refractivity contribution in [2.45, 2.75) is 10.1 Å². The van der Waals surface area contributed by atoms with E-state index in [2.05, 4.69) is 9.97 Å². The smallest absolute Gasteiger partial charge is 0.338 e. The Bertz CT molecular complexity index is 590. The fourth-order valence-electron chi connectivity index (χ4n) is 1.39. The van der Waals surface area contributed by atoms with Crippen LogP contribution in [0.25, 0.3) is 0 Å². The fraction of sp³-hybridized carbons (Fsp3) is 0. The molecule has 0 aromatic carbocycles. The zero-order valence-electron chi connectivity index (χ0n) is 9.61. The molecule has 0 radical (unpaired) electrons. The number of primary amides is 1. The second kappa shape index (κ2) is 5.49. The molecule has 7 heteroatoms. The minimum atomic E-state index is -1.09. The third-order valence-corrected chi connectivity index (χ3v) is 3.27. The van der Waals surface area contributed by atoms with Crippen LogP contribution in [0.2, 0.25) is 0 Å². The van der Waals surface area contributed by atoms with Crippen LogP contribution in [0.1, 0.15) is 20.7 Å². The maximum Gasteiger partial charge on any atom is 0.338 e. The maximum absolute atomic E-state index is 11.3. The van der Waals surface area contributed by atoms with Gasteiger partial charge in [0, 0.05) is 12.4 Å². The number of nitrogens with two attached hydrogens (primary N) is 1. The van der Waals surface area contributed by atoms with E-state index >= 15 is 0 Å². The lowest BCUT2D eigenvalue weighted by Crippen LogP contribution is -2.13.